The molecule has 2 heterocycles. The number of benzene rings is 1. The standard InChI is InChI=1S/C15H13ClN6O3/c1-22-8-9(6-19-22)20-12-7-18-13(16)14(21-12)24-10-3-2-4-11(5-10)25-15(17)23/h2-8H,1H3,(H2,17,23)(H,20,21). The summed E-state index contributed by atoms with van der Waals surface area (Å²) in [6, 6.07) is 6.31. The number of aryl methyl sites for hydroxylation is 1. The van der Waals surface area contributed by atoms with Gasteiger partial charge in [0.25, 0.3) is 5.88 Å². The zero-order valence-corrected chi connectivity index (χ0v) is 13.8. The van der Waals surface area contributed by atoms with Crippen LogP contribution in [0.15, 0.2) is 42.9 Å². The first kappa shape index (κ1) is 16.5. The van der Waals surface area contributed by atoms with Crippen molar-refractivity contribution < 1.29 is 14.3 Å². The van der Waals surface area contributed by atoms with Crippen LogP contribution in [0.25, 0.3) is 0 Å². The maximum atomic E-state index is 10.8. The van der Waals surface area contributed by atoms with E-state index < -0.39 is 6.09 Å². The SMILES string of the molecule is Cn1cc(Nc2cnc(Cl)c(Oc3cccc(OC(N)=O)c3)n2)cn1. The number of carbonyl (C=O) groups excluding carboxylic acids is 1. The average molecular weight is 361 g/mol. The average Bonchev–Trinajstić information content (AvgIpc) is 2.95. The number of amides is 1. The summed E-state index contributed by atoms with van der Waals surface area (Å²) in [4.78, 5) is 19.1. The molecule has 1 amide bonds. The summed E-state index contributed by atoms with van der Waals surface area (Å²) in [7, 11) is 1.80. The van der Waals surface area contributed by atoms with E-state index in [9.17, 15) is 4.79 Å². The minimum Gasteiger partial charge on any atom is -0.436 e. The largest absolute Gasteiger partial charge is 0.436 e. The molecule has 0 atom stereocenters. The first-order valence-electron chi connectivity index (χ1n) is 7.03. The Morgan fingerprint density at radius 1 is 1.32 bits per heavy atom. The number of hydrogen-bond acceptors (Lipinski definition) is 7. The highest BCUT2D eigenvalue weighted by Gasteiger charge is 2.10. The monoisotopic (exact) mass is 360 g/mol. The number of halogens is 1. The molecule has 0 bridgehead atoms. The highest BCUT2D eigenvalue weighted by Crippen LogP contribution is 2.29. The number of ether oxygens (including phenoxy) is 2. The summed E-state index contributed by atoms with van der Waals surface area (Å²) in [6.07, 6.45) is 3.97. The van der Waals surface area contributed by atoms with Gasteiger partial charge in [0.2, 0.25) is 0 Å². The van der Waals surface area contributed by atoms with Crippen LogP contribution < -0.4 is 20.5 Å². The van der Waals surface area contributed by atoms with E-state index in [0.29, 0.717) is 11.6 Å². The molecule has 0 unspecified atom stereocenters. The van der Waals surface area contributed by atoms with E-state index in [1.54, 1.807) is 42.3 Å². The van der Waals surface area contributed by atoms with Crippen molar-refractivity contribution in [2.75, 3.05) is 5.32 Å². The van der Waals surface area contributed by atoms with E-state index in [-0.39, 0.29) is 16.8 Å². The number of nitrogens with two attached hydrogens (primary N) is 1. The first-order valence-corrected chi connectivity index (χ1v) is 7.41. The molecule has 0 fully saturated rings. The van der Waals surface area contributed by atoms with Gasteiger partial charge >= 0.3 is 6.09 Å². The van der Waals surface area contributed by atoms with Gasteiger partial charge in [0.05, 0.1) is 18.1 Å². The van der Waals surface area contributed by atoms with Crippen molar-refractivity contribution in [3.8, 4) is 17.4 Å². The summed E-state index contributed by atoms with van der Waals surface area (Å²) >= 11 is 6.03. The quantitative estimate of drug-likeness (QED) is 0.718. The van der Waals surface area contributed by atoms with Crippen LogP contribution in [0.1, 0.15) is 0 Å². The molecule has 0 radical (unpaired) electrons. The number of aromatic nitrogens is 4. The number of nitrogens with zero attached hydrogens (tertiary/aromatic N) is 4. The molecule has 128 valence electrons. The summed E-state index contributed by atoms with van der Waals surface area (Å²) in [5, 5.41) is 7.17. The third-order valence-corrected chi connectivity index (χ3v) is 3.17. The van der Waals surface area contributed by atoms with Crippen molar-refractivity contribution in [1.82, 2.24) is 19.7 Å². The third kappa shape index (κ3) is 4.36. The fourth-order valence-corrected chi connectivity index (χ4v) is 2.07. The number of carbonyl (C=O) groups is 1. The second kappa shape index (κ2) is 7.05. The third-order valence-electron chi connectivity index (χ3n) is 2.91. The van der Waals surface area contributed by atoms with Crippen LogP contribution in [0.4, 0.5) is 16.3 Å². The molecule has 0 aliphatic heterocycles. The van der Waals surface area contributed by atoms with E-state index in [1.807, 2.05) is 0 Å². The van der Waals surface area contributed by atoms with Gasteiger partial charge in [-0.25, -0.2) is 9.78 Å². The molecule has 3 N–H and O–H groups in total. The Labute approximate surface area is 147 Å². The Balaban J connectivity index is 1.80. The van der Waals surface area contributed by atoms with Crippen molar-refractivity contribution in [3.05, 3.63) is 48.0 Å². The van der Waals surface area contributed by atoms with Crippen molar-refractivity contribution in [2.45, 2.75) is 0 Å². The Morgan fingerprint density at radius 2 is 2.12 bits per heavy atom. The second-order valence-electron chi connectivity index (χ2n) is 4.88. The van der Waals surface area contributed by atoms with E-state index in [0.717, 1.165) is 5.69 Å². The molecule has 25 heavy (non-hydrogen) atoms. The molecule has 0 saturated carbocycles. The highest BCUT2D eigenvalue weighted by molar-refractivity contribution is 6.30. The van der Waals surface area contributed by atoms with Crippen LogP contribution >= 0.6 is 11.6 Å². The topological polar surface area (TPSA) is 117 Å². The summed E-state index contributed by atoms with van der Waals surface area (Å²) in [6.45, 7) is 0. The van der Waals surface area contributed by atoms with Crippen LogP contribution in [0.5, 0.6) is 17.4 Å². The molecule has 3 aromatic rings. The molecule has 3 rings (SSSR count). The van der Waals surface area contributed by atoms with Crippen LogP contribution in [0, 0.1) is 0 Å². The molecule has 1 aromatic carbocycles. The van der Waals surface area contributed by atoms with Gasteiger partial charge in [0, 0.05) is 19.3 Å². The summed E-state index contributed by atoms with van der Waals surface area (Å²) in [5.41, 5.74) is 5.72. The van der Waals surface area contributed by atoms with Crippen molar-refractivity contribution in [3.63, 3.8) is 0 Å². The van der Waals surface area contributed by atoms with Crippen molar-refractivity contribution >= 4 is 29.2 Å². The van der Waals surface area contributed by atoms with E-state index in [2.05, 4.69) is 20.4 Å². The second-order valence-corrected chi connectivity index (χ2v) is 5.23. The Kier molecular flexibility index (Phi) is 4.66. The minimum atomic E-state index is -0.919. The van der Waals surface area contributed by atoms with Crippen LogP contribution in [0.2, 0.25) is 5.15 Å². The van der Waals surface area contributed by atoms with Crippen LogP contribution in [0.3, 0.4) is 0 Å². The number of rotatable bonds is 5. The molecule has 0 aliphatic rings. The minimum absolute atomic E-state index is 0.0814. The molecule has 0 aliphatic carbocycles. The zero-order chi connectivity index (χ0) is 17.8. The van der Waals surface area contributed by atoms with E-state index in [1.165, 1.54) is 12.3 Å². The van der Waals surface area contributed by atoms with Gasteiger partial charge < -0.3 is 20.5 Å². The normalized spacial score (nSPS) is 10.3. The van der Waals surface area contributed by atoms with Gasteiger partial charge in [0.1, 0.15) is 11.5 Å². The lowest BCUT2D eigenvalue weighted by Gasteiger charge is -2.09. The van der Waals surface area contributed by atoms with Gasteiger partial charge in [-0.15, -0.1) is 0 Å². The van der Waals surface area contributed by atoms with Crippen molar-refractivity contribution in [1.29, 1.82) is 0 Å². The molecule has 0 spiro atoms. The number of nitrogens with one attached hydrogen (secondary N) is 1. The zero-order valence-electron chi connectivity index (χ0n) is 13.0. The fraction of sp³-hybridized carbons (Fsp3) is 0.0667. The van der Waals surface area contributed by atoms with Gasteiger partial charge in [0.15, 0.2) is 11.0 Å². The summed E-state index contributed by atoms with van der Waals surface area (Å²) < 4.78 is 12.1. The van der Waals surface area contributed by atoms with Crippen LogP contribution in [-0.4, -0.2) is 25.8 Å². The molecular weight excluding hydrogens is 348 g/mol. The van der Waals surface area contributed by atoms with E-state index in [4.69, 9.17) is 26.8 Å². The molecular formula is C15H13ClN6O3. The number of hydrogen-bond donors (Lipinski definition) is 2. The Bertz CT molecular complexity index is 914. The Morgan fingerprint density at radius 3 is 2.84 bits per heavy atom. The molecule has 9 nitrogen and oxygen atoms in total. The molecule has 10 heteroatoms. The lowest BCUT2D eigenvalue weighted by Crippen LogP contribution is -2.16. The maximum absolute atomic E-state index is 10.8. The lowest BCUT2D eigenvalue weighted by molar-refractivity contribution is 0.211. The maximum Gasteiger partial charge on any atom is 0.409 e. The lowest BCUT2D eigenvalue weighted by atomic mass is 10.3. The molecule has 2 aromatic heterocycles. The smallest absolute Gasteiger partial charge is 0.409 e. The summed E-state index contributed by atoms with van der Waals surface area (Å²) in [5.74, 6) is 1.11. The first-order chi connectivity index (χ1) is 12.0. The van der Waals surface area contributed by atoms with Crippen molar-refractivity contribution in [2.24, 2.45) is 12.8 Å². The van der Waals surface area contributed by atoms with Gasteiger partial charge in [-0.1, -0.05) is 17.7 Å². The fourth-order valence-electron chi connectivity index (χ4n) is 1.95. The van der Waals surface area contributed by atoms with E-state index >= 15 is 0 Å². The number of anilines is 2. The van der Waals surface area contributed by atoms with Gasteiger partial charge in [-0.05, 0) is 12.1 Å². The highest BCUT2D eigenvalue weighted by atomic mass is 35.5. The van der Waals surface area contributed by atoms with Crippen LogP contribution in [-0.2, 0) is 7.05 Å². The predicted molar refractivity (Wildman–Crippen MR) is 90.3 cm³/mol. The molecule has 0 saturated heterocycles. The predicted octanol–water partition coefficient (Wildman–Crippen LogP) is 2.86. The van der Waals surface area contributed by atoms with Gasteiger partial charge in [-0.3, -0.25) is 4.68 Å². The number of primary amides is 1. The van der Waals surface area contributed by atoms with Gasteiger partial charge in [-0.2, -0.15) is 10.1 Å². The Hall–Kier alpha value is -3.33.